The van der Waals surface area contributed by atoms with Crippen molar-refractivity contribution in [3.8, 4) is 0 Å². The van der Waals surface area contributed by atoms with Crippen LogP contribution in [0.15, 0.2) is 24.3 Å². The zero-order valence-corrected chi connectivity index (χ0v) is 12.4. The van der Waals surface area contributed by atoms with Crippen molar-refractivity contribution in [3.63, 3.8) is 0 Å². The summed E-state index contributed by atoms with van der Waals surface area (Å²) in [5.74, 6) is 0.656. The van der Waals surface area contributed by atoms with Gasteiger partial charge in [0, 0.05) is 0 Å². The number of ether oxygens (including phenoxy) is 1. The van der Waals surface area contributed by atoms with E-state index in [1.807, 2.05) is 0 Å². The summed E-state index contributed by atoms with van der Waals surface area (Å²) in [6.45, 7) is 9.64. The van der Waals surface area contributed by atoms with Gasteiger partial charge < -0.3 is 4.74 Å². The van der Waals surface area contributed by atoms with Crippen LogP contribution in [0.5, 0.6) is 0 Å². The van der Waals surface area contributed by atoms with Crippen molar-refractivity contribution in [1.29, 1.82) is 0 Å². The number of rotatable bonds is 8. The predicted octanol–water partition coefficient (Wildman–Crippen LogP) is 5.30. The molecule has 0 saturated carbocycles. The van der Waals surface area contributed by atoms with Crippen LogP contribution in [0.3, 0.4) is 0 Å². The number of hydrogen-bond acceptors (Lipinski definition) is 1. The largest absolute Gasteiger partial charge is 0.374 e. The van der Waals surface area contributed by atoms with E-state index >= 15 is 0 Å². The van der Waals surface area contributed by atoms with Gasteiger partial charge in [-0.05, 0) is 36.8 Å². The molecular formula is C17H28O. The number of hydrogen-bond donors (Lipinski definition) is 0. The molecule has 0 spiro atoms. The monoisotopic (exact) mass is 248 g/mol. The van der Waals surface area contributed by atoms with Crippen LogP contribution in [0, 0.1) is 0 Å². The van der Waals surface area contributed by atoms with E-state index in [-0.39, 0.29) is 0 Å². The number of unbranched alkanes of at least 4 members (excludes halogenated alkanes) is 1. The minimum atomic E-state index is 0.374. The maximum atomic E-state index is 5.86. The molecule has 0 radical (unpaired) electrons. The summed E-state index contributed by atoms with van der Waals surface area (Å²) >= 11 is 0. The van der Waals surface area contributed by atoms with Gasteiger partial charge >= 0.3 is 0 Å². The van der Waals surface area contributed by atoms with E-state index in [1.54, 1.807) is 0 Å². The first-order chi connectivity index (χ1) is 8.67. The first-order valence-corrected chi connectivity index (χ1v) is 7.37. The topological polar surface area (TPSA) is 9.23 Å². The molecule has 0 saturated heterocycles. The molecule has 0 heterocycles. The molecule has 1 aromatic carbocycles. The van der Waals surface area contributed by atoms with Gasteiger partial charge in [0.25, 0.3) is 0 Å². The molecule has 0 aliphatic carbocycles. The fourth-order valence-corrected chi connectivity index (χ4v) is 1.99. The van der Waals surface area contributed by atoms with Crippen LogP contribution >= 0.6 is 0 Å². The highest BCUT2D eigenvalue weighted by Crippen LogP contribution is 2.19. The van der Waals surface area contributed by atoms with E-state index in [0.29, 0.717) is 12.0 Å². The smallest absolute Gasteiger partial charge is 0.0720 e. The SMILES string of the molecule is CCCCC(C)OCc1ccc(C(C)CC)cc1. The summed E-state index contributed by atoms with van der Waals surface area (Å²) in [5, 5.41) is 0. The first kappa shape index (κ1) is 15.2. The third kappa shape index (κ3) is 5.22. The normalized spacial score (nSPS) is 14.4. The van der Waals surface area contributed by atoms with E-state index in [4.69, 9.17) is 4.74 Å². The minimum Gasteiger partial charge on any atom is -0.374 e. The second kappa shape index (κ2) is 8.31. The molecule has 1 rings (SSSR count). The maximum absolute atomic E-state index is 5.86. The second-order valence-corrected chi connectivity index (χ2v) is 5.31. The Balaban J connectivity index is 2.39. The van der Waals surface area contributed by atoms with Gasteiger partial charge in [0.2, 0.25) is 0 Å². The number of benzene rings is 1. The molecule has 18 heavy (non-hydrogen) atoms. The van der Waals surface area contributed by atoms with E-state index in [9.17, 15) is 0 Å². The van der Waals surface area contributed by atoms with Crippen LogP contribution in [-0.2, 0) is 11.3 Å². The quantitative estimate of drug-likeness (QED) is 0.607. The second-order valence-electron chi connectivity index (χ2n) is 5.31. The van der Waals surface area contributed by atoms with Gasteiger partial charge in [-0.2, -0.15) is 0 Å². The summed E-state index contributed by atoms with van der Waals surface area (Å²) in [6, 6.07) is 8.88. The average Bonchev–Trinajstić information content (AvgIpc) is 2.42. The highest BCUT2D eigenvalue weighted by Gasteiger charge is 2.04. The van der Waals surface area contributed by atoms with Gasteiger partial charge in [-0.3, -0.25) is 0 Å². The Morgan fingerprint density at radius 1 is 1.06 bits per heavy atom. The van der Waals surface area contributed by atoms with Crippen LogP contribution in [0.1, 0.15) is 70.4 Å². The highest BCUT2D eigenvalue weighted by molar-refractivity contribution is 5.24. The predicted molar refractivity (Wildman–Crippen MR) is 78.9 cm³/mol. The third-order valence-electron chi connectivity index (χ3n) is 3.66. The lowest BCUT2D eigenvalue weighted by Gasteiger charge is -2.13. The lowest BCUT2D eigenvalue weighted by atomic mass is 9.98. The van der Waals surface area contributed by atoms with Gasteiger partial charge in [-0.15, -0.1) is 0 Å². The summed E-state index contributed by atoms with van der Waals surface area (Å²) in [5.41, 5.74) is 2.71. The van der Waals surface area contributed by atoms with Crippen molar-refractivity contribution in [2.24, 2.45) is 0 Å². The van der Waals surface area contributed by atoms with Gasteiger partial charge in [0.1, 0.15) is 0 Å². The van der Waals surface area contributed by atoms with Crippen molar-refractivity contribution in [2.45, 2.75) is 72.0 Å². The zero-order chi connectivity index (χ0) is 13.4. The van der Waals surface area contributed by atoms with E-state index in [0.717, 1.165) is 6.61 Å². The molecule has 0 fully saturated rings. The van der Waals surface area contributed by atoms with Crippen LogP contribution < -0.4 is 0 Å². The molecule has 0 bridgehead atoms. The van der Waals surface area contributed by atoms with Crippen molar-refractivity contribution in [3.05, 3.63) is 35.4 Å². The molecule has 1 aromatic rings. The van der Waals surface area contributed by atoms with Crippen molar-refractivity contribution >= 4 is 0 Å². The van der Waals surface area contributed by atoms with E-state index in [2.05, 4.69) is 52.0 Å². The van der Waals surface area contributed by atoms with Gasteiger partial charge in [0.05, 0.1) is 12.7 Å². The summed E-state index contributed by atoms with van der Waals surface area (Å²) in [4.78, 5) is 0. The molecule has 1 nitrogen and oxygen atoms in total. The van der Waals surface area contributed by atoms with Gasteiger partial charge in [0.15, 0.2) is 0 Å². The Labute approximate surface area is 113 Å². The first-order valence-electron chi connectivity index (χ1n) is 7.37. The zero-order valence-electron chi connectivity index (χ0n) is 12.4. The summed E-state index contributed by atoms with van der Waals surface area (Å²) < 4.78 is 5.86. The molecule has 102 valence electrons. The fraction of sp³-hybridized carbons (Fsp3) is 0.647. The molecule has 0 aromatic heterocycles. The molecule has 0 aliphatic rings. The van der Waals surface area contributed by atoms with Crippen LogP contribution in [0.2, 0.25) is 0 Å². The standard InChI is InChI=1S/C17H28O/c1-5-7-8-15(4)18-13-16-9-11-17(12-10-16)14(3)6-2/h9-12,14-15H,5-8,13H2,1-4H3. The Morgan fingerprint density at radius 3 is 2.28 bits per heavy atom. The Hall–Kier alpha value is -0.820. The lowest BCUT2D eigenvalue weighted by Crippen LogP contribution is -2.07. The molecule has 0 amide bonds. The molecule has 0 aliphatic heterocycles. The van der Waals surface area contributed by atoms with Crippen LogP contribution in [0.4, 0.5) is 0 Å². The van der Waals surface area contributed by atoms with Crippen LogP contribution in [0.25, 0.3) is 0 Å². The summed E-state index contributed by atoms with van der Waals surface area (Å²) in [6.07, 6.45) is 5.25. The van der Waals surface area contributed by atoms with Crippen LogP contribution in [-0.4, -0.2) is 6.10 Å². The average molecular weight is 248 g/mol. The van der Waals surface area contributed by atoms with E-state index < -0.39 is 0 Å². The van der Waals surface area contributed by atoms with Gasteiger partial charge in [-0.25, -0.2) is 0 Å². The van der Waals surface area contributed by atoms with Crippen molar-refractivity contribution < 1.29 is 4.74 Å². The third-order valence-corrected chi connectivity index (χ3v) is 3.66. The fourth-order valence-electron chi connectivity index (χ4n) is 1.99. The molecule has 2 unspecified atom stereocenters. The Bertz CT molecular complexity index is 315. The molecule has 2 atom stereocenters. The van der Waals surface area contributed by atoms with Crippen molar-refractivity contribution in [1.82, 2.24) is 0 Å². The van der Waals surface area contributed by atoms with Gasteiger partial charge in [-0.1, -0.05) is 57.9 Å². The molecular weight excluding hydrogens is 220 g/mol. The highest BCUT2D eigenvalue weighted by atomic mass is 16.5. The molecule has 1 heteroatoms. The Morgan fingerprint density at radius 2 is 1.72 bits per heavy atom. The summed E-state index contributed by atoms with van der Waals surface area (Å²) in [7, 11) is 0. The Kier molecular flexibility index (Phi) is 7.04. The van der Waals surface area contributed by atoms with Crippen molar-refractivity contribution in [2.75, 3.05) is 0 Å². The maximum Gasteiger partial charge on any atom is 0.0720 e. The minimum absolute atomic E-state index is 0.374. The van der Waals surface area contributed by atoms with E-state index in [1.165, 1.54) is 36.8 Å². The lowest BCUT2D eigenvalue weighted by molar-refractivity contribution is 0.0462. The molecule has 0 N–H and O–H groups in total.